The zero-order valence-corrected chi connectivity index (χ0v) is 12.0. The molecule has 0 radical (unpaired) electrons. The van der Waals surface area contributed by atoms with Gasteiger partial charge in [-0.25, -0.2) is 0 Å². The Morgan fingerprint density at radius 2 is 1.76 bits per heavy atom. The van der Waals surface area contributed by atoms with Gasteiger partial charge in [-0.1, -0.05) is 34.6 Å². The maximum atomic E-state index is 12.4. The maximum Gasteiger partial charge on any atom is 0.226 e. The average molecular weight is 240 g/mol. The van der Waals surface area contributed by atoms with Crippen molar-refractivity contribution in [1.82, 2.24) is 4.90 Å². The Kier molecular flexibility index (Phi) is 4.59. The molecular weight excluding hydrogens is 212 g/mol. The summed E-state index contributed by atoms with van der Waals surface area (Å²) in [5.74, 6) is 1.49. The molecule has 0 aromatic rings. The molecule has 0 bridgehead atoms. The van der Waals surface area contributed by atoms with Gasteiger partial charge in [-0.3, -0.25) is 4.79 Å². The quantitative estimate of drug-likeness (QED) is 0.821. The molecule has 1 fully saturated rings. The van der Waals surface area contributed by atoms with Crippen LogP contribution in [0.5, 0.6) is 0 Å². The van der Waals surface area contributed by atoms with E-state index in [-0.39, 0.29) is 17.2 Å². The van der Waals surface area contributed by atoms with E-state index in [1.807, 2.05) is 4.90 Å². The van der Waals surface area contributed by atoms with Gasteiger partial charge in [-0.15, -0.1) is 0 Å². The lowest BCUT2D eigenvalue weighted by Crippen LogP contribution is -2.39. The van der Waals surface area contributed by atoms with Crippen molar-refractivity contribution in [3.05, 3.63) is 0 Å². The Morgan fingerprint density at radius 3 is 2.12 bits per heavy atom. The highest BCUT2D eigenvalue weighted by molar-refractivity contribution is 5.79. The van der Waals surface area contributed by atoms with Crippen molar-refractivity contribution in [2.75, 3.05) is 19.6 Å². The molecule has 0 aromatic heterocycles. The van der Waals surface area contributed by atoms with Crippen LogP contribution in [0.2, 0.25) is 0 Å². The molecule has 0 aliphatic carbocycles. The number of amides is 1. The van der Waals surface area contributed by atoms with Crippen LogP contribution in [0.4, 0.5) is 0 Å². The first kappa shape index (κ1) is 14.5. The molecule has 0 spiro atoms. The number of hydrogen-bond acceptors (Lipinski definition) is 2. The first-order valence-corrected chi connectivity index (χ1v) is 6.73. The van der Waals surface area contributed by atoms with Crippen molar-refractivity contribution >= 4 is 5.91 Å². The summed E-state index contributed by atoms with van der Waals surface area (Å²) in [5, 5.41) is 0. The van der Waals surface area contributed by atoms with Gasteiger partial charge in [0.1, 0.15) is 0 Å². The third-order valence-electron chi connectivity index (χ3n) is 3.79. The molecule has 0 aromatic carbocycles. The predicted molar refractivity (Wildman–Crippen MR) is 71.5 cm³/mol. The molecule has 1 heterocycles. The van der Waals surface area contributed by atoms with E-state index in [4.69, 9.17) is 5.73 Å². The number of hydrogen-bond donors (Lipinski definition) is 1. The number of likely N-dealkylation sites (tertiary alicyclic amines) is 1. The largest absolute Gasteiger partial charge is 0.342 e. The first-order chi connectivity index (χ1) is 7.74. The van der Waals surface area contributed by atoms with Gasteiger partial charge in [0, 0.05) is 19.6 Å². The monoisotopic (exact) mass is 240 g/mol. The molecule has 17 heavy (non-hydrogen) atoms. The maximum absolute atomic E-state index is 12.4. The number of nitrogens with two attached hydrogens (primary N) is 1. The third-order valence-corrected chi connectivity index (χ3v) is 3.79. The summed E-state index contributed by atoms with van der Waals surface area (Å²) in [7, 11) is 0. The van der Waals surface area contributed by atoms with Crippen molar-refractivity contribution in [1.29, 1.82) is 0 Å². The standard InChI is InChI=1S/C14H28N2O/c1-10-8-16(9-11(10)2)13(17)12(7-15)6-14(3,4)5/h10-12H,6-9,15H2,1-5H3. The fraction of sp³-hybridized carbons (Fsp3) is 0.929. The average Bonchev–Trinajstić information content (AvgIpc) is 2.53. The molecule has 1 rings (SSSR count). The third kappa shape index (κ3) is 3.98. The minimum absolute atomic E-state index is 0.00694. The van der Waals surface area contributed by atoms with E-state index in [1.165, 1.54) is 0 Å². The normalized spacial score (nSPS) is 27.3. The van der Waals surface area contributed by atoms with Crippen molar-refractivity contribution in [2.24, 2.45) is 28.9 Å². The fourth-order valence-electron chi connectivity index (χ4n) is 2.58. The molecule has 3 unspecified atom stereocenters. The second kappa shape index (κ2) is 5.38. The van der Waals surface area contributed by atoms with Gasteiger partial charge in [-0.2, -0.15) is 0 Å². The summed E-state index contributed by atoms with van der Waals surface area (Å²) >= 11 is 0. The topological polar surface area (TPSA) is 46.3 Å². The molecule has 0 saturated carbocycles. The summed E-state index contributed by atoms with van der Waals surface area (Å²) in [5.41, 5.74) is 5.93. The van der Waals surface area contributed by atoms with E-state index in [2.05, 4.69) is 34.6 Å². The van der Waals surface area contributed by atoms with E-state index < -0.39 is 0 Å². The second-order valence-corrected chi connectivity index (χ2v) is 6.90. The summed E-state index contributed by atoms with van der Waals surface area (Å²) in [6, 6.07) is 0. The first-order valence-electron chi connectivity index (χ1n) is 6.73. The zero-order chi connectivity index (χ0) is 13.2. The Hall–Kier alpha value is -0.570. The van der Waals surface area contributed by atoms with Crippen LogP contribution in [0.3, 0.4) is 0 Å². The number of carbonyl (C=O) groups is 1. The van der Waals surface area contributed by atoms with Gasteiger partial charge >= 0.3 is 0 Å². The highest BCUT2D eigenvalue weighted by Crippen LogP contribution is 2.28. The Morgan fingerprint density at radius 1 is 1.29 bits per heavy atom. The summed E-state index contributed by atoms with van der Waals surface area (Å²) in [6.45, 7) is 13.2. The molecule has 1 amide bonds. The van der Waals surface area contributed by atoms with Gasteiger partial charge < -0.3 is 10.6 Å². The highest BCUT2D eigenvalue weighted by Gasteiger charge is 2.33. The van der Waals surface area contributed by atoms with Crippen LogP contribution in [0.1, 0.15) is 41.0 Å². The number of nitrogens with zero attached hydrogens (tertiary/aromatic N) is 1. The van der Waals surface area contributed by atoms with Gasteiger partial charge in [0.25, 0.3) is 0 Å². The lowest BCUT2D eigenvalue weighted by molar-refractivity contribution is -0.135. The molecule has 3 atom stereocenters. The molecule has 100 valence electrons. The van der Waals surface area contributed by atoms with Gasteiger partial charge in [0.15, 0.2) is 0 Å². The van der Waals surface area contributed by atoms with Crippen LogP contribution in [0, 0.1) is 23.2 Å². The van der Waals surface area contributed by atoms with Crippen molar-refractivity contribution in [2.45, 2.75) is 41.0 Å². The summed E-state index contributed by atoms with van der Waals surface area (Å²) in [6.07, 6.45) is 0.877. The van der Waals surface area contributed by atoms with E-state index in [9.17, 15) is 4.79 Å². The zero-order valence-electron chi connectivity index (χ0n) is 12.0. The van der Waals surface area contributed by atoms with E-state index in [0.717, 1.165) is 19.5 Å². The molecule has 1 aliphatic rings. The molecule has 2 N–H and O–H groups in total. The van der Waals surface area contributed by atoms with Crippen molar-refractivity contribution < 1.29 is 4.79 Å². The van der Waals surface area contributed by atoms with Crippen LogP contribution >= 0.6 is 0 Å². The lowest BCUT2D eigenvalue weighted by Gasteiger charge is -2.28. The minimum atomic E-state index is -0.00694. The fourth-order valence-corrected chi connectivity index (χ4v) is 2.58. The van der Waals surface area contributed by atoms with Crippen LogP contribution in [-0.4, -0.2) is 30.4 Å². The Bertz CT molecular complexity index is 260. The molecule has 3 nitrogen and oxygen atoms in total. The van der Waals surface area contributed by atoms with E-state index in [0.29, 0.717) is 18.4 Å². The van der Waals surface area contributed by atoms with Crippen LogP contribution in [0.25, 0.3) is 0 Å². The van der Waals surface area contributed by atoms with Crippen LogP contribution in [0.15, 0.2) is 0 Å². The Balaban J connectivity index is 2.61. The molecular formula is C14H28N2O. The Labute approximate surface area is 106 Å². The van der Waals surface area contributed by atoms with Crippen LogP contribution in [-0.2, 0) is 4.79 Å². The van der Waals surface area contributed by atoms with E-state index in [1.54, 1.807) is 0 Å². The summed E-state index contributed by atoms with van der Waals surface area (Å²) in [4.78, 5) is 14.4. The SMILES string of the molecule is CC1CN(C(=O)C(CN)CC(C)(C)C)CC1C. The smallest absolute Gasteiger partial charge is 0.226 e. The predicted octanol–water partition coefficient (Wildman–Crippen LogP) is 2.11. The van der Waals surface area contributed by atoms with Crippen LogP contribution < -0.4 is 5.73 Å². The van der Waals surface area contributed by atoms with Crippen molar-refractivity contribution in [3.63, 3.8) is 0 Å². The van der Waals surface area contributed by atoms with Crippen molar-refractivity contribution in [3.8, 4) is 0 Å². The van der Waals surface area contributed by atoms with Gasteiger partial charge in [0.2, 0.25) is 5.91 Å². The second-order valence-electron chi connectivity index (χ2n) is 6.90. The van der Waals surface area contributed by atoms with Gasteiger partial charge in [0.05, 0.1) is 5.92 Å². The number of rotatable bonds is 3. The highest BCUT2D eigenvalue weighted by atomic mass is 16.2. The summed E-state index contributed by atoms with van der Waals surface area (Å²) < 4.78 is 0. The lowest BCUT2D eigenvalue weighted by atomic mass is 9.84. The van der Waals surface area contributed by atoms with Gasteiger partial charge in [-0.05, 0) is 23.7 Å². The van der Waals surface area contributed by atoms with E-state index >= 15 is 0 Å². The number of carbonyl (C=O) groups excluding carboxylic acids is 1. The minimum Gasteiger partial charge on any atom is -0.342 e. The molecule has 3 heteroatoms. The molecule has 1 aliphatic heterocycles. The molecule has 1 saturated heterocycles.